The zero-order valence-electron chi connectivity index (χ0n) is 20.5. The number of aliphatic carboxylic acids is 2. The van der Waals surface area contributed by atoms with Crippen molar-refractivity contribution in [1.29, 1.82) is 0 Å². The van der Waals surface area contributed by atoms with Crippen molar-refractivity contribution in [2.24, 2.45) is 22.2 Å². The standard InChI is InChI=1S/C23H32N8O7/c24-14(9-19(33)34)20(35)31-16(6-3-7-27-23(25)26)21(36)29-11-18(32)30-17(22(37)38)8-12-10-28-15-5-2-1-4-13(12)15/h1-2,4-5,10,14,16-17,28H,3,6-9,11,24H2,(H,29,36)(H,30,32)(H,31,35)(H,33,34)(H,37,38)(H4,25,26,27). The number of hydrogen-bond donors (Lipinski definition) is 9. The third-order valence-electron chi connectivity index (χ3n) is 5.47. The van der Waals surface area contributed by atoms with Crippen LogP contribution in [-0.2, 0) is 30.4 Å². The second-order valence-corrected chi connectivity index (χ2v) is 8.45. The third-order valence-corrected chi connectivity index (χ3v) is 5.47. The van der Waals surface area contributed by atoms with Crippen LogP contribution < -0.4 is 33.2 Å². The first-order chi connectivity index (χ1) is 18.0. The number of carbonyl (C=O) groups is 5. The Morgan fingerprint density at radius 2 is 1.71 bits per heavy atom. The highest BCUT2D eigenvalue weighted by atomic mass is 16.4. The lowest BCUT2D eigenvalue weighted by molar-refractivity contribution is -0.141. The summed E-state index contributed by atoms with van der Waals surface area (Å²) in [6.45, 7) is -0.421. The van der Waals surface area contributed by atoms with Gasteiger partial charge < -0.3 is 48.3 Å². The van der Waals surface area contributed by atoms with Crippen LogP contribution in [0.1, 0.15) is 24.8 Å². The fourth-order valence-corrected chi connectivity index (χ4v) is 3.59. The maximum atomic E-state index is 12.7. The number of fused-ring (bicyclic) bond motifs is 1. The van der Waals surface area contributed by atoms with Gasteiger partial charge in [0.2, 0.25) is 17.7 Å². The van der Waals surface area contributed by atoms with E-state index in [1.54, 1.807) is 6.20 Å². The van der Waals surface area contributed by atoms with Gasteiger partial charge in [-0.25, -0.2) is 4.79 Å². The van der Waals surface area contributed by atoms with Gasteiger partial charge in [-0.15, -0.1) is 0 Å². The number of aromatic amines is 1. The molecule has 0 bridgehead atoms. The first kappa shape index (κ1) is 29.6. The lowest BCUT2D eigenvalue weighted by Gasteiger charge is -2.20. The molecule has 0 aliphatic rings. The summed E-state index contributed by atoms with van der Waals surface area (Å²) in [4.78, 5) is 66.8. The minimum atomic E-state index is -1.40. The summed E-state index contributed by atoms with van der Waals surface area (Å²) >= 11 is 0. The number of para-hydroxylation sites is 1. The van der Waals surface area contributed by atoms with Crippen LogP contribution in [0.5, 0.6) is 0 Å². The summed E-state index contributed by atoms with van der Waals surface area (Å²) in [5, 5.41) is 26.3. The highest BCUT2D eigenvalue weighted by Crippen LogP contribution is 2.19. The van der Waals surface area contributed by atoms with E-state index in [0.717, 1.165) is 10.9 Å². The number of aromatic nitrogens is 1. The maximum Gasteiger partial charge on any atom is 0.326 e. The van der Waals surface area contributed by atoms with Crippen molar-refractivity contribution in [3.63, 3.8) is 0 Å². The Labute approximate surface area is 217 Å². The van der Waals surface area contributed by atoms with Crippen LogP contribution in [0.25, 0.3) is 10.9 Å². The van der Waals surface area contributed by atoms with Crippen LogP contribution in [-0.4, -0.2) is 82.0 Å². The minimum absolute atomic E-state index is 0.00394. The van der Waals surface area contributed by atoms with Crippen molar-refractivity contribution in [2.75, 3.05) is 13.1 Å². The summed E-state index contributed by atoms with van der Waals surface area (Å²) in [5.41, 5.74) is 17.6. The number of carboxylic acids is 2. The Morgan fingerprint density at radius 3 is 2.37 bits per heavy atom. The van der Waals surface area contributed by atoms with Crippen LogP contribution in [0.3, 0.4) is 0 Å². The maximum absolute atomic E-state index is 12.7. The van der Waals surface area contributed by atoms with E-state index in [9.17, 15) is 29.1 Å². The van der Waals surface area contributed by atoms with Crippen molar-refractivity contribution in [1.82, 2.24) is 20.9 Å². The monoisotopic (exact) mass is 532 g/mol. The van der Waals surface area contributed by atoms with Crippen molar-refractivity contribution in [3.8, 4) is 0 Å². The van der Waals surface area contributed by atoms with Crippen molar-refractivity contribution >= 4 is 46.5 Å². The number of benzene rings is 1. The smallest absolute Gasteiger partial charge is 0.326 e. The van der Waals surface area contributed by atoms with Crippen LogP contribution in [0.15, 0.2) is 35.5 Å². The predicted octanol–water partition coefficient (Wildman–Crippen LogP) is -2.26. The second kappa shape index (κ2) is 14.2. The Bertz CT molecular complexity index is 1190. The third kappa shape index (κ3) is 9.42. The molecular formula is C23H32N8O7. The molecule has 0 aliphatic carbocycles. The highest BCUT2D eigenvalue weighted by Gasteiger charge is 2.26. The fourth-order valence-electron chi connectivity index (χ4n) is 3.59. The number of aliphatic imine (C=N–C) groups is 1. The average molecular weight is 533 g/mol. The lowest BCUT2D eigenvalue weighted by atomic mass is 10.0. The summed E-state index contributed by atoms with van der Waals surface area (Å²) in [7, 11) is 0. The van der Waals surface area contributed by atoms with E-state index in [-0.39, 0.29) is 31.8 Å². The topological polar surface area (TPSA) is 268 Å². The number of carbonyl (C=O) groups excluding carboxylic acids is 3. The van der Waals surface area contributed by atoms with Crippen molar-refractivity contribution in [3.05, 3.63) is 36.0 Å². The van der Waals surface area contributed by atoms with Crippen LogP contribution in [0.2, 0.25) is 0 Å². The Hall–Kier alpha value is -4.66. The molecule has 1 aromatic heterocycles. The molecule has 15 heteroatoms. The summed E-state index contributed by atoms with van der Waals surface area (Å²) in [6.07, 6.45) is 1.34. The molecule has 0 aliphatic heterocycles. The number of nitrogens with zero attached hydrogens (tertiary/aromatic N) is 1. The van der Waals surface area contributed by atoms with Gasteiger partial charge in [-0.05, 0) is 24.5 Å². The number of H-pyrrole nitrogens is 1. The number of guanidine groups is 1. The molecule has 3 unspecified atom stereocenters. The van der Waals surface area contributed by atoms with Gasteiger partial charge in [0, 0.05) is 30.1 Å². The lowest BCUT2D eigenvalue weighted by Crippen LogP contribution is -2.54. The number of carboxylic acid groups (broad SMARTS) is 2. The molecule has 12 N–H and O–H groups in total. The average Bonchev–Trinajstić information content (AvgIpc) is 3.26. The van der Waals surface area contributed by atoms with E-state index in [1.165, 1.54) is 0 Å². The van der Waals surface area contributed by atoms with Gasteiger partial charge in [0.05, 0.1) is 19.0 Å². The molecule has 0 saturated heterocycles. The Morgan fingerprint density at radius 1 is 1.00 bits per heavy atom. The normalized spacial score (nSPS) is 13.1. The van der Waals surface area contributed by atoms with E-state index in [1.807, 2.05) is 24.3 Å². The molecule has 2 aromatic rings. The number of nitrogens with two attached hydrogens (primary N) is 3. The molecule has 0 spiro atoms. The molecule has 0 saturated carbocycles. The molecule has 0 fully saturated rings. The van der Waals surface area contributed by atoms with Gasteiger partial charge in [-0.1, -0.05) is 18.2 Å². The molecule has 206 valence electrons. The largest absolute Gasteiger partial charge is 0.481 e. The second-order valence-electron chi connectivity index (χ2n) is 8.45. The zero-order valence-corrected chi connectivity index (χ0v) is 20.5. The van der Waals surface area contributed by atoms with E-state index >= 15 is 0 Å². The SMILES string of the molecule is NC(N)=NCCCC(NC(=O)C(N)CC(=O)O)C(=O)NCC(=O)NC(Cc1c[nH]c2ccccc12)C(=O)O. The summed E-state index contributed by atoms with van der Waals surface area (Å²) in [5.74, 6) is -5.10. The van der Waals surface area contributed by atoms with Crippen LogP contribution in [0, 0.1) is 0 Å². The van der Waals surface area contributed by atoms with Crippen molar-refractivity contribution < 1.29 is 34.2 Å². The highest BCUT2D eigenvalue weighted by molar-refractivity contribution is 5.93. The number of rotatable bonds is 15. The molecular weight excluding hydrogens is 500 g/mol. The summed E-state index contributed by atoms with van der Waals surface area (Å²) < 4.78 is 0. The minimum Gasteiger partial charge on any atom is -0.481 e. The van der Waals surface area contributed by atoms with E-state index in [2.05, 4.69) is 25.9 Å². The number of nitrogens with one attached hydrogen (secondary N) is 4. The molecule has 38 heavy (non-hydrogen) atoms. The van der Waals surface area contributed by atoms with Crippen LogP contribution in [0.4, 0.5) is 0 Å². The van der Waals surface area contributed by atoms with Crippen molar-refractivity contribution in [2.45, 2.75) is 43.8 Å². The van der Waals surface area contributed by atoms with Gasteiger partial charge in [-0.3, -0.25) is 24.2 Å². The molecule has 2 rings (SSSR count). The van der Waals surface area contributed by atoms with Gasteiger partial charge in [-0.2, -0.15) is 0 Å². The number of amides is 3. The van der Waals surface area contributed by atoms with E-state index in [0.29, 0.717) is 5.56 Å². The van der Waals surface area contributed by atoms with Gasteiger partial charge in [0.15, 0.2) is 5.96 Å². The Kier molecular flexibility index (Phi) is 11.0. The van der Waals surface area contributed by atoms with Gasteiger partial charge in [0.1, 0.15) is 12.1 Å². The van der Waals surface area contributed by atoms with Gasteiger partial charge >= 0.3 is 11.9 Å². The quantitative estimate of drug-likeness (QED) is 0.0674. The first-order valence-corrected chi connectivity index (χ1v) is 11.7. The molecule has 1 heterocycles. The van der Waals surface area contributed by atoms with E-state index in [4.69, 9.17) is 22.3 Å². The van der Waals surface area contributed by atoms with E-state index < -0.39 is 60.8 Å². The van der Waals surface area contributed by atoms with Gasteiger partial charge in [0.25, 0.3) is 0 Å². The Balaban J connectivity index is 1.98. The predicted molar refractivity (Wildman–Crippen MR) is 137 cm³/mol. The molecule has 0 radical (unpaired) electrons. The fraction of sp³-hybridized carbons (Fsp3) is 0.391. The first-order valence-electron chi connectivity index (χ1n) is 11.7. The number of hydrogen-bond acceptors (Lipinski definition) is 7. The zero-order chi connectivity index (χ0) is 28.2. The molecule has 3 atom stereocenters. The summed E-state index contributed by atoms with van der Waals surface area (Å²) in [6, 6.07) is 3.47. The van der Waals surface area contributed by atoms with Crippen LogP contribution >= 0.6 is 0 Å². The molecule has 15 nitrogen and oxygen atoms in total. The molecule has 3 amide bonds. The molecule has 1 aromatic carbocycles.